The zero-order valence-electron chi connectivity index (χ0n) is 13.6. The molecule has 0 aliphatic carbocycles. The van der Waals surface area contributed by atoms with Gasteiger partial charge in [-0.15, -0.1) is 0 Å². The SMILES string of the molecule is CCCCc1ccc(C#Cc2ccc(OC(F)(F)C(F)F)cc2)nc1. The van der Waals surface area contributed by atoms with Gasteiger partial charge in [-0.05, 0) is 54.7 Å². The van der Waals surface area contributed by atoms with Gasteiger partial charge in [-0.3, -0.25) is 0 Å². The second-order valence-electron chi connectivity index (χ2n) is 5.39. The standard InChI is InChI=1S/C19H17F4NO/c1-2-3-4-15-6-10-16(24-13-15)9-5-14-7-11-17(12-8-14)25-19(22,23)18(20)21/h6-8,10-13,18H,2-4H2,1H3. The number of ether oxygens (including phenoxy) is 1. The minimum absolute atomic E-state index is 0.353. The Bertz CT molecular complexity index is 731. The van der Waals surface area contributed by atoms with Crippen LogP contribution in [0.15, 0.2) is 42.6 Å². The van der Waals surface area contributed by atoms with E-state index in [0.29, 0.717) is 11.3 Å². The maximum absolute atomic E-state index is 12.8. The molecule has 0 fully saturated rings. The fourth-order valence-electron chi connectivity index (χ4n) is 1.97. The molecular formula is C19H17F4NO. The summed E-state index contributed by atoms with van der Waals surface area (Å²) in [5.74, 6) is 5.34. The Hall–Kier alpha value is -2.55. The number of nitrogens with zero attached hydrogens (tertiary/aromatic N) is 1. The molecule has 1 heterocycles. The second kappa shape index (κ2) is 8.52. The molecule has 2 rings (SSSR count). The van der Waals surface area contributed by atoms with Crippen molar-refractivity contribution < 1.29 is 22.3 Å². The van der Waals surface area contributed by atoms with Gasteiger partial charge in [-0.1, -0.05) is 25.3 Å². The quantitative estimate of drug-likeness (QED) is 0.536. The number of unbranched alkanes of at least 4 members (excludes halogenated alkanes) is 1. The van der Waals surface area contributed by atoms with Crippen LogP contribution in [-0.4, -0.2) is 17.5 Å². The molecule has 0 radical (unpaired) electrons. The summed E-state index contributed by atoms with van der Waals surface area (Å²) >= 11 is 0. The number of aromatic nitrogens is 1. The largest absolute Gasteiger partial charge is 0.461 e. The van der Waals surface area contributed by atoms with Crippen LogP contribution in [0.4, 0.5) is 17.6 Å². The lowest BCUT2D eigenvalue weighted by molar-refractivity contribution is -0.253. The Kier molecular flexibility index (Phi) is 6.40. The molecule has 0 unspecified atom stereocenters. The van der Waals surface area contributed by atoms with E-state index in [1.807, 2.05) is 12.1 Å². The smallest absolute Gasteiger partial charge is 0.428 e. The molecule has 0 aliphatic rings. The van der Waals surface area contributed by atoms with Gasteiger partial charge in [-0.25, -0.2) is 4.98 Å². The number of alkyl halides is 4. The molecule has 0 aliphatic heterocycles. The van der Waals surface area contributed by atoms with Crippen LogP contribution >= 0.6 is 0 Å². The number of halogens is 4. The van der Waals surface area contributed by atoms with Crippen LogP contribution in [0, 0.1) is 11.8 Å². The van der Waals surface area contributed by atoms with Crippen LogP contribution in [0.2, 0.25) is 0 Å². The van der Waals surface area contributed by atoms with E-state index >= 15 is 0 Å². The molecule has 1 aromatic heterocycles. The normalized spacial score (nSPS) is 11.1. The van der Waals surface area contributed by atoms with Crippen molar-refractivity contribution in [2.24, 2.45) is 0 Å². The molecule has 0 saturated heterocycles. The highest BCUT2D eigenvalue weighted by Crippen LogP contribution is 2.27. The van der Waals surface area contributed by atoms with Crippen LogP contribution in [0.3, 0.4) is 0 Å². The maximum Gasteiger partial charge on any atom is 0.461 e. The number of benzene rings is 1. The number of hydrogen-bond acceptors (Lipinski definition) is 2. The van der Waals surface area contributed by atoms with Crippen LogP contribution in [0.25, 0.3) is 0 Å². The summed E-state index contributed by atoms with van der Waals surface area (Å²) < 4.78 is 53.7. The molecule has 0 atom stereocenters. The molecule has 0 spiro atoms. The molecule has 25 heavy (non-hydrogen) atoms. The average molecular weight is 351 g/mol. The van der Waals surface area contributed by atoms with Gasteiger partial charge < -0.3 is 4.74 Å². The van der Waals surface area contributed by atoms with E-state index in [1.54, 1.807) is 6.20 Å². The summed E-state index contributed by atoms with van der Waals surface area (Å²) in [6.45, 7) is 2.12. The van der Waals surface area contributed by atoms with Gasteiger partial charge in [0, 0.05) is 11.8 Å². The minimum Gasteiger partial charge on any atom is -0.428 e. The Morgan fingerprint density at radius 3 is 2.36 bits per heavy atom. The highest BCUT2D eigenvalue weighted by atomic mass is 19.3. The van der Waals surface area contributed by atoms with Gasteiger partial charge in [0.25, 0.3) is 0 Å². The van der Waals surface area contributed by atoms with Crippen LogP contribution in [0.1, 0.15) is 36.6 Å². The van der Waals surface area contributed by atoms with Gasteiger partial charge >= 0.3 is 12.5 Å². The summed E-state index contributed by atoms with van der Waals surface area (Å²) in [6, 6.07) is 8.96. The summed E-state index contributed by atoms with van der Waals surface area (Å²) in [6.07, 6.45) is -3.43. The molecule has 0 saturated carbocycles. The van der Waals surface area contributed by atoms with Crippen molar-refractivity contribution in [2.45, 2.75) is 38.7 Å². The highest BCUT2D eigenvalue weighted by Gasteiger charge is 2.43. The summed E-state index contributed by atoms with van der Waals surface area (Å²) in [7, 11) is 0. The third kappa shape index (κ3) is 5.79. The van der Waals surface area contributed by atoms with E-state index in [2.05, 4.69) is 28.5 Å². The lowest BCUT2D eigenvalue weighted by Gasteiger charge is -2.16. The Morgan fingerprint density at radius 1 is 1.08 bits per heavy atom. The van der Waals surface area contributed by atoms with Gasteiger partial charge in [0.1, 0.15) is 11.4 Å². The lowest BCUT2D eigenvalue weighted by atomic mass is 10.1. The topological polar surface area (TPSA) is 22.1 Å². The predicted octanol–water partition coefficient (Wildman–Crippen LogP) is 5.06. The van der Waals surface area contributed by atoms with E-state index in [9.17, 15) is 17.6 Å². The second-order valence-corrected chi connectivity index (χ2v) is 5.39. The van der Waals surface area contributed by atoms with E-state index in [0.717, 1.165) is 24.8 Å². The van der Waals surface area contributed by atoms with Crippen molar-refractivity contribution in [1.29, 1.82) is 0 Å². The first kappa shape index (κ1) is 18.8. The predicted molar refractivity (Wildman–Crippen MR) is 86.9 cm³/mol. The molecule has 0 bridgehead atoms. The monoisotopic (exact) mass is 351 g/mol. The van der Waals surface area contributed by atoms with E-state index in [4.69, 9.17) is 0 Å². The van der Waals surface area contributed by atoms with E-state index < -0.39 is 12.5 Å². The fourth-order valence-corrected chi connectivity index (χ4v) is 1.97. The molecule has 1 aromatic carbocycles. The first-order valence-corrected chi connectivity index (χ1v) is 7.82. The van der Waals surface area contributed by atoms with Crippen LogP contribution in [-0.2, 0) is 6.42 Å². The maximum atomic E-state index is 12.8. The van der Waals surface area contributed by atoms with Crippen molar-refractivity contribution in [3.8, 4) is 17.6 Å². The Balaban J connectivity index is 2.01. The van der Waals surface area contributed by atoms with Gasteiger partial charge in [-0.2, -0.15) is 17.6 Å². The summed E-state index contributed by atoms with van der Waals surface area (Å²) in [4.78, 5) is 4.25. The van der Waals surface area contributed by atoms with Crippen LogP contribution < -0.4 is 4.74 Å². The van der Waals surface area contributed by atoms with Crippen molar-refractivity contribution in [3.05, 3.63) is 59.4 Å². The number of hydrogen-bond donors (Lipinski definition) is 0. The molecule has 6 heteroatoms. The van der Waals surface area contributed by atoms with Gasteiger partial charge in [0.05, 0.1) is 0 Å². The van der Waals surface area contributed by atoms with Gasteiger partial charge in [0.2, 0.25) is 0 Å². The number of pyridine rings is 1. The molecule has 2 aromatic rings. The first-order valence-electron chi connectivity index (χ1n) is 7.82. The van der Waals surface area contributed by atoms with Crippen molar-refractivity contribution in [2.75, 3.05) is 0 Å². The minimum atomic E-state index is -4.52. The molecule has 0 N–H and O–H groups in total. The Morgan fingerprint density at radius 2 is 1.80 bits per heavy atom. The molecule has 132 valence electrons. The summed E-state index contributed by atoms with van der Waals surface area (Å²) in [5.41, 5.74) is 2.27. The zero-order valence-corrected chi connectivity index (χ0v) is 13.6. The lowest BCUT2D eigenvalue weighted by Crippen LogP contribution is -2.33. The third-order valence-electron chi connectivity index (χ3n) is 3.34. The van der Waals surface area contributed by atoms with Crippen molar-refractivity contribution >= 4 is 0 Å². The van der Waals surface area contributed by atoms with E-state index in [1.165, 1.54) is 24.3 Å². The Labute approximate surface area is 143 Å². The first-order chi connectivity index (χ1) is 11.9. The van der Waals surface area contributed by atoms with Gasteiger partial charge in [0.15, 0.2) is 0 Å². The highest BCUT2D eigenvalue weighted by molar-refractivity contribution is 5.42. The molecule has 2 nitrogen and oxygen atoms in total. The van der Waals surface area contributed by atoms with Crippen LogP contribution in [0.5, 0.6) is 5.75 Å². The van der Waals surface area contributed by atoms with Crippen molar-refractivity contribution in [1.82, 2.24) is 4.98 Å². The third-order valence-corrected chi connectivity index (χ3v) is 3.34. The van der Waals surface area contributed by atoms with E-state index in [-0.39, 0.29) is 5.75 Å². The number of rotatable bonds is 6. The van der Waals surface area contributed by atoms with Crippen molar-refractivity contribution in [3.63, 3.8) is 0 Å². The molecular weight excluding hydrogens is 334 g/mol. The molecule has 0 amide bonds. The number of aryl methyl sites for hydroxylation is 1. The fraction of sp³-hybridized carbons (Fsp3) is 0.316. The average Bonchev–Trinajstić information content (AvgIpc) is 2.60. The zero-order chi connectivity index (χ0) is 18.3. The summed E-state index contributed by atoms with van der Waals surface area (Å²) in [5, 5.41) is 0.